The number of alkyl halides is 1. The van der Waals surface area contributed by atoms with Crippen LogP contribution in [-0.4, -0.2) is 106 Å². The molecule has 0 spiro atoms. The van der Waals surface area contributed by atoms with E-state index in [0.29, 0.717) is 59.5 Å². The van der Waals surface area contributed by atoms with Crippen molar-refractivity contribution in [2.45, 2.75) is 37.4 Å². The lowest BCUT2D eigenvalue weighted by molar-refractivity contribution is -0.405. The van der Waals surface area contributed by atoms with Crippen molar-refractivity contribution in [1.82, 2.24) is 30.1 Å². The number of hydrogen-bond acceptors (Lipinski definition) is 7. The number of halogens is 4. The summed E-state index contributed by atoms with van der Waals surface area (Å²) < 4.78 is 53.9. The van der Waals surface area contributed by atoms with E-state index in [-0.39, 0.29) is 40.7 Å². The largest absolute Gasteiger partial charge is 0.443 e. The Bertz CT molecular complexity index is 2060. The van der Waals surface area contributed by atoms with Gasteiger partial charge in [0.25, 0.3) is 0 Å². The smallest absolute Gasteiger partial charge is 0.434 e. The van der Waals surface area contributed by atoms with E-state index in [4.69, 9.17) is 21.3 Å². The van der Waals surface area contributed by atoms with Crippen LogP contribution in [-0.2, 0) is 4.79 Å². The molecule has 4 saturated heterocycles. The highest BCUT2D eigenvalue weighted by atomic mass is 35.5. The van der Waals surface area contributed by atoms with E-state index in [1.807, 2.05) is 28.8 Å². The number of benzene rings is 2. The van der Waals surface area contributed by atoms with Crippen molar-refractivity contribution in [2.75, 3.05) is 52.9 Å². The maximum Gasteiger partial charge on any atom is 0.434 e. The van der Waals surface area contributed by atoms with Crippen LogP contribution in [0.2, 0.25) is 5.02 Å². The molecule has 2 aromatic carbocycles. The number of likely N-dealkylation sites (tertiary alicyclic amines) is 1. The van der Waals surface area contributed by atoms with Crippen molar-refractivity contribution in [1.29, 1.82) is 0 Å². The number of amides is 1. The van der Waals surface area contributed by atoms with Gasteiger partial charge in [0.05, 0.1) is 23.8 Å². The molecule has 0 aliphatic carbocycles. The van der Waals surface area contributed by atoms with Crippen LogP contribution in [0.4, 0.5) is 19.0 Å². The summed E-state index contributed by atoms with van der Waals surface area (Å²) in [5, 5.41) is 4.42. The fourth-order valence-electron chi connectivity index (χ4n) is 7.96. The van der Waals surface area contributed by atoms with E-state index >= 15 is 4.39 Å². The number of nitrogens with zero attached hydrogens (tertiary/aromatic N) is 6. The Morgan fingerprint density at radius 1 is 1.16 bits per heavy atom. The van der Waals surface area contributed by atoms with Crippen molar-refractivity contribution in [2.24, 2.45) is 11.8 Å². The minimum Gasteiger partial charge on any atom is -0.443 e. The first kappa shape index (κ1) is 33.0. The zero-order valence-electron chi connectivity index (χ0n) is 27.7. The molecule has 4 aliphatic heterocycles. The zero-order valence-corrected chi connectivity index (χ0v) is 28.5. The molecule has 50 heavy (non-hydrogen) atoms. The van der Waals surface area contributed by atoms with Crippen LogP contribution in [0, 0.1) is 23.5 Å². The highest BCUT2D eigenvalue weighted by Gasteiger charge is 2.49. The number of ether oxygens (including phenoxy) is 1. The maximum atomic E-state index is 16.8. The second kappa shape index (κ2) is 13.2. The van der Waals surface area contributed by atoms with Crippen molar-refractivity contribution in [3.63, 3.8) is 0 Å². The molecule has 4 fully saturated rings. The van der Waals surface area contributed by atoms with Gasteiger partial charge in [0.1, 0.15) is 35.2 Å². The molecule has 1 N–H and O–H groups in total. The van der Waals surface area contributed by atoms with Crippen LogP contribution >= 0.6 is 11.6 Å². The number of carbonyl (C=O) groups is 1. The third-order valence-corrected chi connectivity index (χ3v) is 11.1. The number of carbonyl (C=O) groups excluding carboxylic acids is 1. The summed E-state index contributed by atoms with van der Waals surface area (Å²) >= 11 is 6.41. The molecule has 6 heterocycles. The van der Waals surface area contributed by atoms with Gasteiger partial charge in [-0.15, -0.1) is 0 Å². The number of nitrogens with one attached hydrogen (secondary N) is 1. The molecule has 4 aliphatic rings. The monoisotopic (exact) mass is 704 g/mol. The molecule has 4 aromatic rings. The fourth-order valence-corrected chi connectivity index (χ4v) is 8.24. The van der Waals surface area contributed by atoms with Gasteiger partial charge in [0, 0.05) is 73.1 Å². The van der Waals surface area contributed by atoms with Crippen molar-refractivity contribution >= 4 is 51.2 Å². The Hall–Kier alpha value is -4.13. The molecule has 260 valence electrons. The Morgan fingerprint density at radius 3 is 2.84 bits per heavy atom. The standard InChI is InChI=1S/C37H38ClF3N7O2/c1-46(18-23-10-13-47(19-23)29(49)9-6-22-15-42-16-22)35-27-17-43-33(26-5-2-4-24-7-8-28(40)31(38)30(24)26)32(41)34(27)44-36(45-35)50-21-37-11-3-12-48(37)20-25(39)14-37/h2,4-9,17-18,22-23,25,42H,3,10-16,19-21H2,1H3/q+1/b9-6+,46-18?/t23?,25-,37+/m1/s1. The molecule has 1 unspecified atom stereocenters. The predicted octanol–water partition coefficient (Wildman–Crippen LogP) is 5.70. The van der Waals surface area contributed by atoms with E-state index in [2.05, 4.69) is 20.2 Å². The minimum absolute atomic E-state index is 0.00592. The maximum absolute atomic E-state index is 16.8. The third-order valence-electron chi connectivity index (χ3n) is 10.7. The van der Waals surface area contributed by atoms with Crippen LogP contribution < -0.4 is 10.1 Å². The highest BCUT2D eigenvalue weighted by Crippen LogP contribution is 2.41. The second-order valence-electron chi connectivity index (χ2n) is 14.0. The van der Waals surface area contributed by atoms with Gasteiger partial charge in [0.15, 0.2) is 5.82 Å². The van der Waals surface area contributed by atoms with Crippen molar-refractivity contribution in [3.05, 3.63) is 65.3 Å². The van der Waals surface area contributed by atoms with Crippen LogP contribution in [0.3, 0.4) is 0 Å². The number of hydrogen-bond donors (Lipinski definition) is 1. The van der Waals surface area contributed by atoms with Crippen LogP contribution in [0.15, 0.2) is 48.7 Å². The predicted molar refractivity (Wildman–Crippen MR) is 186 cm³/mol. The van der Waals surface area contributed by atoms with Gasteiger partial charge in [-0.3, -0.25) is 14.7 Å². The van der Waals surface area contributed by atoms with Crippen molar-refractivity contribution < 1.29 is 27.3 Å². The average Bonchev–Trinajstić information content (AvgIpc) is 3.79. The van der Waals surface area contributed by atoms with Gasteiger partial charge >= 0.3 is 11.8 Å². The van der Waals surface area contributed by atoms with Crippen LogP contribution in [0.5, 0.6) is 6.01 Å². The van der Waals surface area contributed by atoms with E-state index in [1.54, 1.807) is 30.3 Å². The molecule has 0 saturated carbocycles. The third kappa shape index (κ3) is 6.01. The highest BCUT2D eigenvalue weighted by molar-refractivity contribution is 6.36. The van der Waals surface area contributed by atoms with E-state index in [9.17, 15) is 13.6 Å². The first-order valence-corrected chi connectivity index (χ1v) is 17.6. The normalized spacial score (nSPS) is 24.5. The summed E-state index contributed by atoms with van der Waals surface area (Å²) in [7, 11) is 1.82. The Morgan fingerprint density at radius 2 is 2.02 bits per heavy atom. The van der Waals surface area contributed by atoms with E-state index in [0.717, 1.165) is 38.9 Å². The van der Waals surface area contributed by atoms with Gasteiger partial charge in [-0.05, 0) is 43.3 Å². The zero-order chi connectivity index (χ0) is 34.6. The lowest BCUT2D eigenvalue weighted by Gasteiger charge is -2.30. The summed E-state index contributed by atoms with van der Waals surface area (Å²) in [5.41, 5.74) is -0.183. The van der Waals surface area contributed by atoms with Crippen LogP contribution in [0.1, 0.15) is 25.7 Å². The average molecular weight is 705 g/mol. The van der Waals surface area contributed by atoms with Crippen LogP contribution in [0.25, 0.3) is 32.9 Å². The number of fused-ring (bicyclic) bond motifs is 3. The molecular weight excluding hydrogens is 667 g/mol. The summed E-state index contributed by atoms with van der Waals surface area (Å²) in [6.45, 7) is 4.31. The summed E-state index contributed by atoms with van der Waals surface area (Å²) in [6.07, 6.45) is 9.08. The molecule has 0 radical (unpaired) electrons. The molecule has 9 nitrogen and oxygen atoms in total. The fraction of sp³-hybridized carbons (Fsp3) is 0.432. The number of rotatable bonds is 8. The van der Waals surface area contributed by atoms with E-state index < -0.39 is 23.3 Å². The van der Waals surface area contributed by atoms with Crippen molar-refractivity contribution in [3.8, 4) is 17.3 Å². The van der Waals surface area contributed by atoms with E-state index in [1.165, 1.54) is 12.3 Å². The van der Waals surface area contributed by atoms with Gasteiger partial charge in [-0.25, -0.2) is 17.7 Å². The molecule has 3 atom stereocenters. The number of aromatic nitrogens is 3. The summed E-state index contributed by atoms with van der Waals surface area (Å²) in [6, 6.07) is 7.99. The molecule has 8 rings (SSSR count). The molecule has 13 heteroatoms. The minimum atomic E-state index is -0.931. The SMILES string of the molecule is C[N+](=CC1CCN(C(=O)/C=C/C2CNC2)C1)c1nc(OC[C@@]23CCCN2C[C@H](F)C3)nc2c(F)c(-c3cccc4ccc(F)c(Cl)c34)ncc12. The van der Waals surface area contributed by atoms with Gasteiger partial charge in [-0.2, -0.15) is 4.98 Å². The topological polar surface area (TPSA) is 86.5 Å². The number of pyridine rings is 1. The lowest BCUT2D eigenvalue weighted by Crippen LogP contribution is -2.43. The Balaban J connectivity index is 1.16. The molecule has 2 aromatic heterocycles. The van der Waals surface area contributed by atoms with Gasteiger partial charge in [-0.1, -0.05) is 41.9 Å². The lowest BCUT2D eigenvalue weighted by atomic mass is 9.95. The quantitative estimate of drug-likeness (QED) is 0.143. The first-order valence-electron chi connectivity index (χ1n) is 17.2. The van der Waals surface area contributed by atoms with Gasteiger partial charge in [0.2, 0.25) is 5.91 Å². The molecule has 1 amide bonds. The molecular formula is C37H38ClF3N7O2+. The second-order valence-corrected chi connectivity index (χ2v) is 14.4. The molecule has 0 bridgehead atoms. The van der Waals surface area contributed by atoms with Gasteiger partial charge < -0.3 is 15.0 Å². The summed E-state index contributed by atoms with van der Waals surface area (Å²) in [4.78, 5) is 30.6. The Kier molecular flexibility index (Phi) is 8.73. The first-order chi connectivity index (χ1) is 24.2. The summed E-state index contributed by atoms with van der Waals surface area (Å²) in [5.74, 6) is -0.543. The Labute approximate surface area is 292 Å².